The first kappa shape index (κ1) is 102. The summed E-state index contributed by atoms with van der Waals surface area (Å²) in [5, 5.41) is 17.3. The lowest BCUT2D eigenvalue weighted by molar-refractivity contribution is -0.0300. The van der Waals surface area contributed by atoms with Gasteiger partial charge in [0.15, 0.2) is 0 Å². The van der Waals surface area contributed by atoms with Crippen molar-refractivity contribution in [3.63, 3.8) is 0 Å². The fourth-order valence-corrected chi connectivity index (χ4v) is 8.60. The first-order chi connectivity index (χ1) is 51.3. The Bertz CT molecular complexity index is 1370. The van der Waals surface area contributed by atoms with Crippen LogP contribution in [0.15, 0.2) is 0 Å². The van der Waals surface area contributed by atoms with Gasteiger partial charge in [-0.2, -0.15) is 0 Å². The number of hydrogen-bond acceptors (Lipinski definition) is 31. The van der Waals surface area contributed by atoms with Gasteiger partial charge in [-0.1, -0.05) is 64.7 Å². The van der Waals surface area contributed by atoms with E-state index in [9.17, 15) is 0 Å². The van der Waals surface area contributed by atoms with E-state index in [1.54, 1.807) is 0 Å². The van der Waals surface area contributed by atoms with Crippen molar-refractivity contribution in [3.05, 3.63) is 0 Å². The molecule has 0 aromatic carbocycles. The molecule has 0 radical (unpaired) electrons. The second kappa shape index (κ2) is 98.8. The molecule has 620 valence electrons. The number of unbranched alkanes of at least 4 members (excludes halogenated alkanes) is 9. The predicted molar refractivity (Wildman–Crippen MR) is 385 cm³/mol. The molecule has 31 nitrogen and oxygen atoms in total. The molecular formula is C72H147NO30. The molecule has 0 saturated carbocycles. The third kappa shape index (κ3) is 96.8. The SMILES string of the molecule is CCCCCCCCCCCCN(CCOCCOCCOCCOCCOCCOCCOCCOCCOCCOCCOCCOCCOCCOCCO)CCOCCOCCOCCOCCOCCOCCOCCOCCOCCOCCOCCOCCOCCOCCO. The summed E-state index contributed by atoms with van der Waals surface area (Å²) in [5.74, 6) is 0. The van der Waals surface area contributed by atoms with Crippen LogP contribution in [0.4, 0.5) is 0 Å². The van der Waals surface area contributed by atoms with Crippen LogP contribution in [0.2, 0.25) is 0 Å². The summed E-state index contributed by atoms with van der Waals surface area (Å²) >= 11 is 0. The Hall–Kier alpha value is -1.24. The van der Waals surface area contributed by atoms with Gasteiger partial charge in [-0.05, 0) is 13.0 Å². The highest BCUT2D eigenvalue weighted by atomic mass is 16.6. The van der Waals surface area contributed by atoms with Gasteiger partial charge in [0.05, 0.1) is 383 Å². The smallest absolute Gasteiger partial charge is 0.0701 e. The summed E-state index contributed by atoms with van der Waals surface area (Å²) in [6.45, 7) is 32.6. The Balaban J connectivity index is 3.61. The quantitative estimate of drug-likeness (QED) is 0.0821. The monoisotopic (exact) mass is 1510 g/mol. The van der Waals surface area contributed by atoms with Crippen LogP contribution in [0.25, 0.3) is 0 Å². The molecule has 0 saturated heterocycles. The maximum atomic E-state index is 8.64. The second-order valence-electron chi connectivity index (χ2n) is 22.6. The molecule has 0 heterocycles. The fraction of sp³-hybridized carbons (Fsp3) is 1.00. The first-order valence-electron chi connectivity index (χ1n) is 38.5. The maximum absolute atomic E-state index is 8.64. The summed E-state index contributed by atoms with van der Waals surface area (Å²) in [7, 11) is 0. The number of aliphatic hydroxyl groups excluding tert-OH is 2. The Kier molecular flexibility index (Phi) is 97.6. The van der Waals surface area contributed by atoms with Crippen LogP contribution in [0.5, 0.6) is 0 Å². The van der Waals surface area contributed by atoms with Crippen LogP contribution in [0.3, 0.4) is 0 Å². The molecule has 0 spiro atoms. The van der Waals surface area contributed by atoms with E-state index in [0.717, 1.165) is 19.6 Å². The first-order valence-corrected chi connectivity index (χ1v) is 38.5. The summed E-state index contributed by atoms with van der Waals surface area (Å²) in [6, 6.07) is 0. The van der Waals surface area contributed by atoms with Crippen molar-refractivity contribution in [2.75, 3.05) is 403 Å². The molecule has 0 fully saturated rings. The Morgan fingerprint density at radius 2 is 0.252 bits per heavy atom. The lowest BCUT2D eigenvalue weighted by Gasteiger charge is -2.22. The molecule has 0 bridgehead atoms. The highest BCUT2D eigenvalue weighted by Crippen LogP contribution is 2.11. The van der Waals surface area contributed by atoms with E-state index in [2.05, 4.69) is 11.8 Å². The summed E-state index contributed by atoms with van der Waals surface area (Å²) in [6.07, 6.45) is 13.2. The van der Waals surface area contributed by atoms with Crippen LogP contribution in [-0.2, 0) is 133 Å². The molecule has 0 amide bonds. The van der Waals surface area contributed by atoms with Crippen LogP contribution in [0.1, 0.15) is 71.1 Å². The normalized spacial score (nSPS) is 11.9. The highest BCUT2D eigenvalue weighted by molar-refractivity contribution is 4.59. The third-order valence-corrected chi connectivity index (χ3v) is 14.1. The van der Waals surface area contributed by atoms with E-state index in [1.807, 2.05) is 0 Å². The van der Waals surface area contributed by atoms with Crippen LogP contribution in [0, 0.1) is 0 Å². The topological polar surface area (TPSA) is 302 Å². The van der Waals surface area contributed by atoms with Gasteiger partial charge in [-0.15, -0.1) is 0 Å². The fourth-order valence-electron chi connectivity index (χ4n) is 8.60. The van der Waals surface area contributed by atoms with E-state index in [-0.39, 0.29) is 13.2 Å². The number of ether oxygens (including phenoxy) is 28. The van der Waals surface area contributed by atoms with Gasteiger partial charge in [0.2, 0.25) is 0 Å². The second-order valence-corrected chi connectivity index (χ2v) is 22.6. The van der Waals surface area contributed by atoms with Crippen LogP contribution in [-0.4, -0.2) is 418 Å². The van der Waals surface area contributed by atoms with Crippen molar-refractivity contribution in [2.45, 2.75) is 71.1 Å². The third-order valence-electron chi connectivity index (χ3n) is 14.1. The number of rotatable bonds is 99. The standard InChI is InChI=1S/C72H147NO30/c1-2-3-4-5-6-7-8-9-10-11-12-73(13-17-76-21-25-80-29-33-84-37-41-88-45-49-92-53-57-96-61-65-100-69-71-102-67-63-98-59-55-94-51-47-90-43-39-86-35-31-82-27-23-78-19-15-74)14-18-77-22-26-81-30-34-85-38-42-89-46-50-93-54-58-97-62-66-101-70-72-103-68-64-99-60-56-95-52-48-91-44-40-87-36-32-83-28-24-79-20-16-75/h74-75H,2-72H2,1H3. The van der Waals surface area contributed by atoms with Gasteiger partial charge >= 0.3 is 0 Å². The van der Waals surface area contributed by atoms with Crippen LogP contribution >= 0.6 is 0 Å². The molecule has 0 aliphatic heterocycles. The zero-order valence-electron chi connectivity index (χ0n) is 64.0. The zero-order valence-corrected chi connectivity index (χ0v) is 64.0. The molecule has 103 heavy (non-hydrogen) atoms. The molecular weight excluding hydrogens is 1360 g/mol. The van der Waals surface area contributed by atoms with Crippen molar-refractivity contribution >= 4 is 0 Å². The number of hydrogen-bond donors (Lipinski definition) is 2. The molecule has 2 N–H and O–H groups in total. The van der Waals surface area contributed by atoms with Gasteiger partial charge < -0.3 is 143 Å². The molecule has 0 aliphatic carbocycles. The minimum atomic E-state index is 0.0170. The predicted octanol–water partition coefficient (Wildman–Crippen LogP) is 3.66. The molecule has 31 heteroatoms. The van der Waals surface area contributed by atoms with Crippen molar-refractivity contribution in [3.8, 4) is 0 Å². The molecule has 0 aromatic rings. The maximum Gasteiger partial charge on any atom is 0.0701 e. The van der Waals surface area contributed by atoms with E-state index >= 15 is 0 Å². The molecule has 0 aromatic heterocycles. The highest BCUT2D eigenvalue weighted by Gasteiger charge is 2.07. The summed E-state index contributed by atoms with van der Waals surface area (Å²) in [5.41, 5.74) is 0. The Morgan fingerprint density at radius 1 is 0.136 bits per heavy atom. The Labute approximate surface area is 619 Å². The van der Waals surface area contributed by atoms with Crippen molar-refractivity contribution in [1.82, 2.24) is 4.90 Å². The van der Waals surface area contributed by atoms with Gasteiger partial charge in [-0.3, -0.25) is 4.90 Å². The largest absolute Gasteiger partial charge is 0.394 e. The van der Waals surface area contributed by atoms with Crippen molar-refractivity contribution < 1.29 is 143 Å². The van der Waals surface area contributed by atoms with E-state index in [0.29, 0.717) is 370 Å². The molecule has 0 rings (SSSR count). The molecule has 0 unspecified atom stereocenters. The van der Waals surface area contributed by atoms with Gasteiger partial charge in [0.25, 0.3) is 0 Å². The van der Waals surface area contributed by atoms with E-state index in [1.165, 1.54) is 64.2 Å². The lowest BCUT2D eigenvalue weighted by Crippen LogP contribution is -2.32. The van der Waals surface area contributed by atoms with Crippen molar-refractivity contribution in [2.24, 2.45) is 0 Å². The average Bonchev–Trinajstić information content (AvgIpc) is 2.78. The minimum absolute atomic E-state index is 0.0170. The van der Waals surface area contributed by atoms with E-state index < -0.39 is 0 Å². The minimum Gasteiger partial charge on any atom is -0.394 e. The van der Waals surface area contributed by atoms with Crippen molar-refractivity contribution in [1.29, 1.82) is 0 Å². The molecule has 0 aliphatic rings. The van der Waals surface area contributed by atoms with E-state index in [4.69, 9.17) is 143 Å². The van der Waals surface area contributed by atoms with Crippen LogP contribution < -0.4 is 0 Å². The number of nitrogens with zero attached hydrogens (tertiary/aromatic N) is 1. The number of aliphatic hydroxyl groups is 2. The average molecular weight is 1510 g/mol. The van der Waals surface area contributed by atoms with Gasteiger partial charge in [-0.25, -0.2) is 0 Å². The Morgan fingerprint density at radius 3 is 0.388 bits per heavy atom. The summed E-state index contributed by atoms with van der Waals surface area (Å²) < 4.78 is 155. The lowest BCUT2D eigenvalue weighted by atomic mass is 10.1. The van der Waals surface area contributed by atoms with Gasteiger partial charge in [0, 0.05) is 13.1 Å². The summed E-state index contributed by atoms with van der Waals surface area (Å²) in [4.78, 5) is 2.44. The zero-order chi connectivity index (χ0) is 73.6. The van der Waals surface area contributed by atoms with Gasteiger partial charge in [0.1, 0.15) is 0 Å². The molecule has 0 atom stereocenters.